The van der Waals surface area contributed by atoms with Gasteiger partial charge in [-0.1, -0.05) is 63.0 Å². The highest BCUT2D eigenvalue weighted by atomic mass is 28.2. The molecule has 96 valence electrons. The van der Waals surface area contributed by atoms with Gasteiger partial charge < -0.3 is 0 Å². The molecule has 16 heavy (non-hydrogen) atoms. The van der Waals surface area contributed by atoms with Gasteiger partial charge in [-0.15, -0.1) is 0 Å². The standard InChI is InChI=1S/C13H26F2Si/c14-13(15)10-6-3-7-11-16-12-8-4-1-2-5-9-12/h12-13H,1-11,16H2. The molecule has 0 N–H and O–H groups in total. The van der Waals surface area contributed by atoms with Crippen LogP contribution < -0.4 is 0 Å². The number of rotatable bonds is 7. The van der Waals surface area contributed by atoms with Gasteiger partial charge in [0.15, 0.2) is 0 Å². The summed E-state index contributed by atoms with van der Waals surface area (Å²) in [6.45, 7) is 0. The van der Waals surface area contributed by atoms with Crippen molar-refractivity contribution in [2.45, 2.75) is 82.2 Å². The molecule has 0 saturated heterocycles. The Morgan fingerprint density at radius 3 is 2.25 bits per heavy atom. The van der Waals surface area contributed by atoms with Crippen LogP contribution >= 0.6 is 0 Å². The molecular formula is C13H26F2Si. The zero-order valence-electron chi connectivity index (χ0n) is 10.4. The average molecular weight is 248 g/mol. The maximum absolute atomic E-state index is 11.9. The number of halogens is 2. The van der Waals surface area contributed by atoms with Crippen LogP contribution in [-0.4, -0.2) is 15.9 Å². The third-order valence-electron chi connectivity index (χ3n) is 3.76. The molecule has 0 atom stereocenters. The van der Waals surface area contributed by atoms with Gasteiger partial charge in [-0.2, -0.15) is 0 Å². The lowest BCUT2D eigenvalue weighted by Gasteiger charge is -2.12. The van der Waals surface area contributed by atoms with E-state index in [1.807, 2.05) is 0 Å². The maximum Gasteiger partial charge on any atom is 0.238 e. The van der Waals surface area contributed by atoms with Crippen LogP contribution in [0.15, 0.2) is 0 Å². The van der Waals surface area contributed by atoms with E-state index in [4.69, 9.17) is 0 Å². The van der Waals surface area contributed by atoms with Crippen molar-refractivity contribution in [3.05, 3.63) is 0 Å². The van der Waals surface area contributed by atoms with Gasteiger partial charge >= 0.3 is 0 Å². The van der Waals surface area contributed by atoms with E-state index in [1.165, 1.54) is 51.0 Å². The SMILES string of the molecule is FC(F)CCCCC[SiH2]C1CCCCCC1. The molecule has 1 rings (SSSR count). The molecule has 0 amide bonds. The lowest BCUT2D eigenvalue weighted by molar-refractivity contribution is 0.134. The molecular weight excluding hydrogens is 222 g/mol. The van der Waals surface area contributed by atoms with E-state index in [1.54, 1.807) is 0 Å². The van der Waals surface area contributed by atoms with Crippen molar-refractivity contribution in [3.63, 3.8) is 0 Å². The fourth-order valence-corrected chi connectivity index (χ4v) is 5.11. The zero-order chi connectivity index (χ0) is 11.6. The molecule has 0 bridgehead atoms. The zero-order valence-corrected chi connectivity index (χ0v) is 11.8. The van der Waals surface area contributed by atoms with Gasteiger partial charge in [0.1, 0.15) is 0 Å². The number of unbranched alkanes of at least 4 members (excludes halogenated alkanes) is 2. The van der Waals surface area contributed by atoms with Crippen LogP contribution in [0.1, 0.15) is 64.2 Å². The normalized spacial score (nSPS) is 19.7. The van der Waals surface area contributed by atoms with Crippen LogP contribution in [-0.2, 0) is 0 Å². The van der Waals surface area contributed by atoms with E-state index in [-0.39, 0.29) is 15.9 Å². The average Bonchev–Trinajstić information content (AvgIpc) is 2.51. The lowest BCUT2D eigenvalue weighted by Crippen LogP contribution is -2.02. The van der Waals surface area contributed by atoms with E-state index in [0.29, 0.717) is 0 Å². The van der Waals surface area contributed by atoms with Crippen molar-refractivity contribution in [1.82, 2.24) is 0 Å². The second-order valence-corrected chi connectivity index (χ2v) is 7.68. The van der Waals surface area contributed by atoms with Crippen LogP contribution in [0.2, 0.25) is 11.6 Å². The Bertz CT molecular complexity index is 154. The van der Waals surface area contributed by atoms with Crippen molar-refractivity contribution >= 4 is 9.52 Å². The molecule has 0 aromatic rings. The molecule has 1 saturated carbocycles. The Kier molecular flexibility index (Phi) is 8.08. The Hall–Kier alpha value is 0.0769. The first-order valence-electron chi connectivity index (χ1n) is 7.07. The maximum atomic E-state index is 11.9. The third kappa shape index (κ3) is 7.37. The molecule has 0 nitrogen and oxygen atoms in total. The first-order chi connectivity index (χ1) is 7.79. The quantitative estimate of drug-likeness (QED) is 0.352. The first-order valence-corrected chi connectivity index (χ1v) is 8.89. The first kappa shape index (κ1) is 14.1. The number of hydrogen-bond acceptors (Lipinski definition) is 0. The molecule has 1 aliphatic carbocycles. The minimum absolute atomic E-state index is 0.108. The predicted octanol–water partition coefficient (Wildman–Crippen LogP) is 4.54. The highest BCUT2D eigenvalue weighted by Crippen LogP contribution is 2.27. The summed E-state index contributed by atoms with van der Waals surface area (Å²) in [4.78, 5) is 0. The predicted molar refractivity (Wildman–Crippen MR) is 69.3 cm³/mol. The molecule has 0 radical (unpaired) electrons. The summed E-state index contributed by atoms with van der Waals surface area (Å²) in [7, 11) is 0.108. The van der Waals surface area contributed by atoms with Crippen LogP contribution in [0.5, 0.6) is 0 Å². The van der Waals surface area contributed by atoms with Gasteiger partial charge in [0, 0.05) is 15.9 Å². The molecule has 0 heterocycles. The molecule has 1 aliphatic rings. The second kappa shape index (κ2) is 9.14. The largest absolute Gasteiger partial charge is 0.238 e. The Morgan fingerprint density at radius 1 is 0.938 bits per heavy atom. The minimum atomic E-state index is -2.08. The topological polar surface area (TPSA) is 0 Å². The fraction of sp³-hybridized carbons (Fsp3) is 1.00. The van der Waals surface area contributed by atoms with Gasteiger partial charge in [-0.25, -0.2) is 8.78 Å². The number of alkyl halides is 2. The molecule has 0 unspecified atom stereocenters. The Labute approximate surface area is 101 Å². The Morgan fingerprint density at radius 2 is 1.62 bits per heavy atom. The van der Waals surface area contributed by atoms with Gasteiger partial charge in [0.25, 0.3) is 0 Å². The molecule has 3 heteroatoms. The second-order valence-electron chi connectivity index (χ2n) is 5.24. The van der Waals surface area contributed by atoms with E-state index >= 15 is 0 Å². The van der Waals surface area contributed by atoms with Crippen molar-refractivity contribution in [2.24, 2.45) is 0 Å². The van der Waals surface area contributed by atoms with Crippen LogP contribution in [0.25, 0.3) is 0 Å². The molecule has 0 spiro atoms. The Balaban J connectivity index is 1.89. The van der Waals surface area contributed by atoms with E-state index in [0.717, 1.165) is 18.4 Å². The smallest absolute Gasteiger partial charge is 0.211 e. The third-order valence-corrected chi connectivity index (χ3v) is 6.30. The van der Waals surface area contributed by atoms with E-state index in [9.17, 15) is 8.78 Å². The van der Waals surface area contributed by atoms with Crippen molar-refractivity contribution in [3.8, 4) is 0 Å². The summed E-state index contributed by atoms with van der Waals surface area (Å²) in [6, 6.07) is 1.40. The van der Waals surface area contributed by atoms with E-state index < -0.39 is 6.43 Å². The summed E-state index contributed by atoms with van der Waals surface area (Å²) in [5.74, 6) is 0. The lowest BCUT2D eigenvalue weighted by atomic mass is 10.2. The van der Waals surface area contributed by atoms with Gasteiger partial charge in [-0.05, 0) is 6.42 Å². The minimum Gasteiger partial charge on any atom is -0.211 e. The van der Waals surface area contributed by atoms with Crippen molar-refractivity contribution in [2.75, 3.05) is 0 Å². The highest BCUT2D eigenvalue weighted by Gasteiger charge is 2.11. The van der Waals surface area contributed by atoms with Crippen LogP contribution in [0.4, 0.5) is 8.78 Å². The monoisotopic (exact) mass is 248 g/mol. The molecule has 0 aromatic heterocycles. The van der Waals surface area contributed by atoms with E-state index in [2.05, 4.69) is 0 Å². The van der Waals surface area contributed by atoms with Gasteiger partial charge in [0.05, 0.1) is 0 Å². The summed E-state index contributed by atoms with van der Waals surface area (Å²) in [5.41, 5.74) is 1.08. The summed E-state index contributed by atoms with van der Waals surface area (Å²) >= 11 is 0. The fourth-order valence-electron chi connectivity index (χ4n) is 2.74. The van der Waals surface area contributed by atoms with Gasteiger partial charge in [-0.3, -0.25) is 0 Å². The van der Waals surface area contributed by atoms with Crippen LogP contribution in [0, 0.1) is 0 Å². The van der Waals surface area contributed by atoms with Crippen LogP contribution in [0.3, 0.4) is 0 Å². The van der Waals surface area contributed by atoms with Crippen molar-refractivity contribution in [1.29, 1.82) is 0 Å². The molecule has 1 fully saturated rings. The van der Waals surface area contributed by atoms with Crippen molar-refractivity contribution < 1.29 is 8.78 Å². The summed E-state index contributed by atoms with van der Waals surface area (Å²) in [5, 5.41) is 0. The summed E-state index contributed by atoms with van der Waals surface area (Å²) in [6.07, 6.45) is 9.75. The van der Waals surface area contributed by atoms with Gasteiger partial charge in [0.2, 0.25) is 6.43 Å². The summed E-state index contributed by atoms with van der Waals surface area (Å²) < 4.78 is 23.8. The number of hydrogen-bond donors (Lipinski definition) is 0. The molecule has 0 aliphatic heterocycles. The molecule has 0 aromatic carbocycles. The highest BCUT2D eigenvalue weighted by molar-refractivity contribution is 6.37.